The standard InChI is InChI=1S/C18H16N2O3/c1-12-3-4-13(18(21)22)9-17(12)14-10-19-20(11-14)15-5-7-16(23-2)8-6-15/h3-11H,1-2H3,(H,21,22). The van der Waals surface area contributed by atoms with Crippen molar-refractivity contribution in [1.29, 1.82) is 0 Å². The summed E-state index contributed by atoms with van der Waals surface area (Å²) in [7, 11) is 1.62. The number of nitrogens with zero attached hydrogens (tertiary/aromatic N) is 2. The van der Waals surface area contributed by atoms with Gasteiger partial charge in [0.05, 0.1) is 24.6 Å². The van der Waals surface area contributed by atoms with Crippen LogP contribution in [-0.2, 0) is 0 Å². The molecular weight excluding hydrogens is 292 g/mol. The molecule has 3 aromatic rings. The van der Waals surface area contributed by atoms with Crippen LogP contribution in [0.3, 0.4) is 0 Å². The third-order valence-electron chi connectivity index (χ3n) is 3.72. The minimum Gasteiger partial charge on any atom is -0.497 e. The normalized spacial score (nSPS) is 10.5. The second-order valence-corrected chi connectivity index (χ2v) is 5.21. The Bertz CT molecular complexity index is 851. The number of aromatic carboxylic acids is 1. The van der Waals surface area contributed by atoms with Crippen molar-refractivity contribution in [2.45, 2.75) is 6.92 Å². The molecule has 0 unspecified atom stereocenters. The molecule has 3 rings (SSSR count). The number of hydrogen-bond acceptors (Lipinski definition) is 3. The predicted octanol–water partition coefficient (Wildman–Crippen LogP) is 3.55. The first-order chi connectivity index (χ1) is 11.1. The van der Waals surface area contributed by atoms with Crippen molar-refractivity contribution in [3.63, 3.8) is 0 Å². The van der Waals surface area contributed by atoms with Crippen molar-refractivity contribution >= 4 is 5.97 Å². The van der Waals surface area contributed by atoms with Gasteiger partial charge in [-0.1, -0.05) is 6.07 Å². The molecular formula is C18H16N2O3. The number of rotatable bonds is 4. The first-order valence-electron chi connectivity index (χ1n) is 7.12. The molecule has 0 aliphatic heterocycles. The lowest BCUT2D eigenvalue weighted by atomic mass is 10.0. The van der Waals surface area contributed by atoms with Gasteiger partial charge in [0.1, 0.15) is 5.75 Å². The zero-order chi connectivity index (χ0) is 16.4. The molecule has 0 atom stereocenters. The number of aromatic nitrogens is 2. The van der Waals surface area contributed by atoms with Gasteiger partial charge in [-0.2, -0.15) is 5.10 Å². The molecule has 0 saturated heterocycles. The Labute approximate surface area is 133 Å². The van der Waals surface area contributed by atoms with Gasteiger partial charge in [0.25, 0.3) is 0 Å². The molecule has 1 heterocycles. The molecule has 5 heteroatoms. The highest BCUT2D eigenvalue weighted by atomic mass is 16.5. The number of carboxylic acids is 1. The second kappa shape index (κ2) is 5.96. The smallest absolute Gasteiger partial charge is 0.335 e. The van der Waals surface area contributed by atoms with Gasteiger partial charge >= 0.3 is 5.97 Å². The minimum absolute atomic E-state index is 0.266. The fraction of sp³-hybridized carbons (Fsp3) is 0.111. The van der Waals surface area contributed by atoms with E-state index >= 15 is 0 Å². The molecule has 0 spiro atoms. The van der Waals surface area contributed by atoms with E-state index in [0.717, 1.165) is 28.1 Å². The van der Waals surface area contributed by atoms with Crippen molar-refractivity contribution in [2.24, 2.45) is 0 Å². The maximum absolute atomic E-state index is 11.2. The highest BCUT2D eigenvalue weighted by molar-refractivity contribution is 5.89. The second-order valence-electron chi connectivity index (χ2n) is 5.21. The van der Waals surface area contributed by atoms with Crippen LogP contribution in [0.2, 0.25) is 0 Å². The van der Waals surface area contributed by atoms with Crippen LogP contribution in [0.15, 0.2) is 54.9 Å². The monoisotopic (exact) mass is 308 g/mol. The summed E-state index contributed by atoms with van der Waals surface area (Å²) in [6.07, 6.45) is 3.62. The fourth-order valence-corrected chi connectivity index (χ4v) is 2.40. The van der Waals surface area contributed by atoms with Gasteiger partial charge in [0.15, 0.2) is 0 Å². The molecule has 0 fully saturated rings. The van der Waals surface area contributed by atoms with E-state index in [1.807, 2.05) is 43.5 Å². The van der Waals surface area contributed by atoms with Crippen molar-refractivity contribution < 1.29 is 14.6 Å². The summed E-state index contributed by atoms with van der Waals surface area (Å²) in [4.78, 5) is 11.2. The summed E-state index contributed by atoms with van der Waals surface area (Å²) in [5, 5.41) is 13.5. The van der Waals surface area contributed by atoms with Gasteiger partial charge in [-0.05, 0) is 54.4 Å². The van der Waals surface area contributed by atoms with E-state index in [-0.39, 0.29) is 5.56 Å². The maximum Gasteiger partial charge on any atom is 0.335 e. The Morgan fingerprint density at radius 2 is 1.91 bits per heavy atom. The van der Waals surface area contributed by atoms with Crippen LogP contribution in [-0.4, -0.2) is 28.0 Å². The number of ether oxygens (including phenoxy) is 1. The number of carboxylic acid groups (broad SMARTS) is 1. The largest absolute Gasteiger partial charge is 0.497 e. The molecule has 23 heavy (non-hydrogen) atoms. The third kappa shape index (κ3) is 2.94. The highest BCUT2D eigenvalue weighted by Gasteiger charge is 2.10. The molecule has 1 N–H and O–H groups in total. The van der Waals surface area contributed by atoms with Crippen LogP contribution in [0, 0.1) is 6.92 Å². The van der Waals surface area contributed by atoms with Crippen LogP contribution >= 0.6 is 0 Å². The van der Waals surface area contributed by atoms with Crippen molar-refractivity contribution in [3.05, 3.63) is 66.0 Å². The highest BCUT2D eigenvalue weighted by Crippen LogP contribution is 2.25. The van der Waals surface area contributed by atoms with Crippen LogP contribution in [0.1, 0.15) is 15.9 Å². The average molecular weight is 308 g/mol. The number of methoxy groups -OCH3 is 1. The zero-order valence-electron chi connectivity index (χ0n) is 12.9. The van der Waals surface area contributed by atoms with Gasteiger partial charge < -0.3 is 9.84 Å². The lowest BCUT2D eigenvalue weighted by Crippen LogP contribution is -1.97. The van der Waals surface area contributed by atoms with Crippen molar-refractivity contribution in [3.8, 4) is 22.6 Å². The number of benzene rings is 2. The Balaban J connectivity index is 1.98. The lowest BCUT2D eigenvalue weighted by Gasteiger charge is -2.05. The van der Waals surface area contributed by atoms with Crippen LogP contribution in [0.25, 0.3) is 16.8 Å². The Morgan fingerprint density at radius 3 is 2.57 bits per heavy atom. The molecule has 0 aliphatic carbocycles. The minimum atomic E-state index is -0.936. The van der Waals surface area contributed by atoms with Crippen LogP contribution in [0.5, 0.6) is 5.75 Å². The molecule has 1 aromatic heterocycles. The molecule has 0 saturated carbocycles. The van der Waals surface area contributed by atoms with Gasteiger partial charge in [-0.15, -0.1) is 0 Å². The van der Waals surface area contributed by atoms with Crippen molar-refractivity contribution in [2.75, 3.05) is 7.11 Å². The molecule has 5 nitrogen and oxygen atoms in total. The maximum atomic E-state index is 11.2. The van der Waals surface area contributed by atoms with Gasteiger partial charge in [0.2, 0.25) is 0 Å². The third-order valence-corrected chi connectivity index (χ3v) is 3.72. The van der Waals surface area contributed by atoms with Gasteiger partial charge in [0, 0.05) is 11.8 Å². The molecule has 116 valence electrons. The number of hydrogen-bond donors (Lipinski definition) is 1. The summed E-state index contributed by atoms with van der Waals surface area (Å²) < 4.78 is 6.90. The topological polar surface area (TPSA) is 64.3 Å². The number of aryl methyl sites for hydroxylation is 1. The van der Waals surface area contributed by atoms with E-state index in [9.17, 15) is 4.79 Å². The Hall–Kier alpha value is -3.08. The molecule has 0 aliphatic rings. The summed E-state index contributed by atoms with van der Waals surface area (Å²) in [5.74, 6) is -0.153. The summed E-state index contributed by atoms with van der Waals surface area (Å²) in [6.45, 7) is 1.95. The first kappa shape index (κ1) is 14.8. The van der Waals surface area contributed by atoms with E-state index in [0.29, 0.717) is 0 Å². The van der Waals surface area contributed by atoms with Crippen LogP contribution < -0.4 is 4.74 Å². The van der Waals surface area contributed by atoms with Gasteiger partial charge in [-0.3, -0.25) is 0 Å². The quantitative estimate of drug-likeness (QED) is 0.800. The molecule has 0 amide bonds. The predicted molar refractivity (Wildman–Crippen MR) is 87.2 cm³/mol. The Morgan fingerprint density at radius 1 is 1.17 bits per heavy atom. The van der Waals surface area contributed by atoms with E-state index < -0.39 is 5.97 Å². The van der Waals surface area contributed by atoms with E-state index in [1.54, 1.807) is 30.1 Å². The molecule has 2 aromatic carbocycles. The molecule has 0 radical (unpaired) electrons. The fourth-order valence-electron chi connectivity index (χ4n) is 2.40. The van der Waals surface area contributed by atoms with E-state index in [1.165, 1.54) is 0 Å². The molecule has 0 bridgehead atoms. The van der Waals surface area contributed by atoms with Gasteiger partial charge in [-0.25, -0.2) is 9.48 Å². The summed E-state index contributed by atoms with van der Waals surface area (Å²) in [5.41, 5.74) is 3.92. The summed E-state index contributed by atoms with van der Waals surface area (Å²) >= 11 is 0. The summed E-state index contributed by atoms with van der Waals surface area (Å²) in [6, 6.07) is 12.7. The Kier molecular flexibility index (Phi) is 3.85. The zero-order valence-corrected chi connectivity index (χ0v) is 12.9. The lowest BCUT2D eigenvalue weighted by molar-refractivity contribution is 0.0697. The average Bonchev–Trinajstić information content (AvgIpc) is 3.05. The van der Waals surface area contributed by atoms with Crippen molar-refractivity contribution in [1.82, 2.24) is 9.78 Å². The van der Waals surface area contributed by atoms with E-state index in [4.69, 9.17) is 9.84 Å². The van der Waals surface area contributed by atoms with E-state index in [2.05, 4.69) is 5.10 Å². The number of carbonyl (C=O) groups is 1. The SMILES string of the molecule is COc1ccc(-n2cc(-c3cc(C(=O)O)ccc3C)cn2)cc1. The first-order valence-corrected chi connectivity index (χ1v) is 7.12. The van der Waals surface area contributed by atoms with Crippen LogP contribution in [0.4, 0.5) is 0 Å².